The molecule has 0 saturated carbocycles. The van der Waals surface area contributed by atoms with Crippen LogP contribution in [0.25, 0.3) is 5.57 Å². The largest absolute Gasteiger partial charge is 0.303 e. The van der Waals surface area contributed by atoms with E-state index in [1.165, 1.54) is 32.1 Å². The summed E-state index contributed by atoms with van der Waals surface area (Å²) in [6.45, 7) is 3.84. The van der Waals surface area contributed by atoms with Gasteiger partial charge in [-0.15, -0.1) is 0 Å². The van der Waals surface area contributed by atoms with Crippen LogP contribution in [0.1, 0.15) is 40.7 Å². The molecule has 2 N–H and O–H groups in total. The van der Waals surface area contributed by atoms with Gasteiger partial charge in [0.1, 0.15) is 0 Å². The lowest BCUT2D eigenvalue weighted by molar-refractivity contribution is 0.0932. The molecule has 3 heterocycles. The first-order valence-corrected chi connectivity index (χ1v) is 12.8. The van der Waals surface area contributed by atoms with Crippen LogP contribution in [-0.4, -0.2) is 42.0 Å². The molecule has 0 bridgehead atoms. The number of carbonyl (C=O) groups excluding carboxylic acids is 1. The summed E-state index contributed by atoms with van der Waals surface area (Å²) in [4.78, 5) is 21.1. The Kier molecular flexibility index (Phi) is 7.30. The monoisotopic (exact) mass is 490 g/mol. The van der Waals surface area contributed by atoms with E-state index in [2.05, 4.69) is 57.1 Å². The SMILES string of the molecule is O=C(NNCCCN1CCC(=C2c3ccccc3Sc3ccc(Cl)cc32)CC1)c1ccncc1. The minimum atomic E-state index is -0.136. The Bertz CT molecular complexity index is 1200. The van der Waals surface area contributed by atoms with E-state index in [4.69, 9.17) is 11.6 Å². The second-order valence-corrected chi connectivity index (χ2v) is 10.0. The van der Waals surface area contributed by atoms with E-state index in [1.54, 1.807) is 24.5 Å². The summed E-state index contributed by atoms with van der Waals surface area (Å²) in [7, 11) is 0. The van der Waals surface area contributed by atoms with Gasteiger partial charge in [-0.25, -0.2) is 5.43 Å². The maximum Gasteiger partial charge on any atom is 0.265 e. The molecule has 3 aromatic rings. The summed E-state index contributed by atoms with van der Waals surface area (Å²) >= 11 is 8.23. The molecule has 34 heavy (non-hydrogen) atoms. The van der Waals surface area contributed by atoms with Crippen molar-refractivity contribution >= 4 is 34.8 Å². The lowest BCUT2D eigenvalue weighted by Gasteiger charge is -2.32. The van der Waals surface area contributed by atoms with Crippen molar-refractivity contribution in [2.75, 3.05) is 26.2 Å². The first-order chi connectivity index (χ1) is 16.7. The second kappa shape index (κ2) is 10.7. The molecule has 7 heteroatoms. The quantitative estimate of drug-likeness (QED) is 0.279. The number of rotatable bonds is 6. The maximum atomic E-state index is 12.1. The molecule has 174 valence electrons. The van der Waals surface area contributed by atoms with Crippen LogP contribution in [0.2, 0.25) is 5.02 Å². The number of carbonyl (C=O) groups is 1. The van der Waals surface area contributed by atoms with E-state index in [0.29, 0.717) is 5.56 Å². The van der Waals surface area contributed by atoms with Crippen molar-refractivity contribution < 1.29 is 4.79 Å². The summed E-state index contributed by atoms with van der Waals surface area (Å²) < 4.78 is 0. The van der Waals surface area contributed by atoms with Crippen molar-refractivity contribution in [3.05, 3.63) is 94.3 Å². The van der Waals surface area contributed by atoms with Crippen LogP contribution in [0.4, 0.5) is 0 Å². The summed E-state index contributed by atoms with van der Waals surface area (Å²) in [5.74, 6) is -0.136. The summed E-state index contributed by atoms with van der Waals surface area (Å²) in [6.07, 6.45) is 6.33. The van der Waals surface area contributed by atoms with Gasteiger partial charge in [0.15, 0.2) is 0 Å². The fourth-order valence-electron chi connectivity index (χ4n) is 4.60. The molecule has 1 fully saturated rings. The average molecular weight is 491 g/mol. The molecule has 2 aromatic carbocycles. The van der Waals surface area contributed by atoms with E-state index >= 15 is 0 Å². The summed E-state index contributed by atoms with van der Waals surface area (Å²) in [5.41, 5.74) is 11.9. The van der Waals surface area contributed by atoms with Crippen molar-refractivity contribution in [2.45, 2.75) is 29.1 Å². The lowest BCUT2D eigenvalue weighted by atomic mass is 9.88. The number of pyridine rings is 1. The number of nitrogens with one attached hydrogen (secondary N) is 2. The molecule has 2 aliphatic heterocycles. The second-order valence-electron chi connectivity index (χ2n) is 8.53. The fourth-order valence-corrected chi connectivity index (χ4v) is 5.84. The van der Waals surface area contributed by atoms with Crippen LogP contribution in [0.15, 0.2) is 82.4 Å². The third kappa shape index (κ3) is 5.20. The predicted molar refractivity (Wildman–Crippen MR) is 138 cm³/mol. The molecule has 5 nitrogen and oxygen atoms in total. The third-order valence-electron chi connectivity index (χ3n) is 6.32. The van der Waals surface area contributed by atoms with E-state index in [-0.39, 0.29) is 5.91 Å². The number of hydrogen-bond donors (Lipinski definition) is 2. The van der Waals surface area contributed by atoms with E-state index in [9.17, 15) is 4.79 Å². The highest BCUT2D eigenvalue weighted by atomic mass is 35.5. The zero-order chi connectivity index (χ0) is 23.3. The summed E-state index contributed by atoms with van der Waals surface area (Å²) in [5, 5.41) is 0.790. The number of likely N-dealkylation sites (tertiary alicyclic amines) is 1. The Morgan fingerprint density at radius 3 is 2.59 bits per heavy atom. The Balaban J connectivity index is 1.17. The van der Waals surface area contributed by atoms with E-state index in [0.717, 1.165) is 50.5 Å². The molecule has 0 aliphatic carbocycles. The van der Waals surface area contributed by atoms with Crippen molar-refractivity contribution in [3.8, 4) is 0 Å². The average Bonchev–Trinajstić information content (AvgIpc) is 2.88. The fraction of sp³-hybridized carbons (Fsp3) is 0.259. The standard InChI is InChI=1S/C27H27ClN4OS/c28-21-6-7-25-23(18-21)26(22-4-1-2-5-24(22)34-25)19-10-16-32(17-11-19)15-3-12-30-31-27(33)20-8-13-29-14-9-20/h1-2,4-9,13-14,18,30H,3,10-12,15-17H2,(H,31,33). The Labute approximate surface area is 209 Å². The molecule has 1 saturated heterocycles. The molecule has 1 aromatic heterocycles. The highest BCUT2D eigenvalue weighted by Gasteiger charge is 2.25. The van der Waals surface area contributed by atoms with Gasteiger partial charge in [0.05, 0.1) is 0 Å². The van der Waals surface area contributed by atoms with Gasteiger partial charge in [0, 0.05) is 52.4 Å². The molecule has 1 amide bonds. The van der Waals surface area contributed by atoms with Gasteiger partial charge < -0.3 is 4.90 Å². The van der Waals surface area contributed by atoms with Crippen LogP contribution in [0.3, 0.4) is 0 Å². The van der Waals surface area contributed by atoms with Gasteiger partial charge in [-0.2, -0.15) is 0 Å². The zero-order valence-corrected chi connectivity index (χ0v) is 20.5. The molecule has 2 aliphatic rings. The number of nitrogens with zero attached hydrogens (tertiary/aromatic N) is 2. The zero-order valence-electron chi connectivity index (χ0n) is 18.9. The Hall–Kier alpha value is -2.64. The van der Waals surface area contributed by atoms with Crippen molar-refractivity contribution in [1.82, 2.24) is 20.7 Å². The maximum absolute atomic E-state index is 12.1. The smallest absolute Gasteiger partial charge is 0.265 e. The van der Waals surface area contributed by atoms with Gasteiger partial charge in [-0.3, -0.25) is 15.2 Å². The van der Waals surface area contributed by atoms with Gasteiger partial charge in [-0.1, -0.05) is 47.1 Å². The third-order valence-corrected chi connectivity index (χ3v) is 7.71. The van der Waals surface area contributed by atoms with Crippen molar-refractivity contribution in [3.63, 3.8) is 0 Å². The van der Waals surface area contributed by atoms with Crippen molar-refractivity contribution in [1.29, 1.82) is 0 Å². The summed E-state index contributed by atoms with van der Waals surface area (Å²) in [6, 6.07) is 18.4. The van der Waals surface area contributed by atoms with Crippen LogP contribution in [0, 0.1) is 0 Å². The van der Waals surface area contributed by atoms with Crippen LogP contribution in [0.5, 0.6) is 0 Å². The van der Waals surface area contributed by atoms with Crippen LogP contribution >= 0.6 is 23.4 Å². The van der Waals surface area contributed by atoms with Crippen LogP contribution < -0.4 is 10.9 Å². The lowest BCUT2D eigenvalue weighted by Crippen LogP contribution is -2.39. The normalized spacial score (nSPS) is 15.6. The first-order valence-electron chi connectivity index (χ1n) is 11.6. The van der Waals surface area contributed by atoms with Crippen molar-refractivity contribution in [2.24, 2.45) is 0 Å². The molecular formula is C27H27ClN4OS. The first kappa shape index (κ1) is 23.1. The number of benzene rings is 2. The number of fused-ring (bicyclic) bond motifs is 2. The number of halogens is 1. The van der Waals surface area contributed by atoms with E-state index < -0.39 is 0 Å². The number of piperidine rings is 1. The Morgan fingerprint density at radius 1 is 1.00 bits per heavy atom. The molecular weight excluding hydrogens is 464 g/mol. The number of hydrogen-bond acceptors (Lipinski definition) is 5. The highest BCUT2D eigenvalue weighted by molar-refractivity contribution is 7.99. The van der Waals surface area contributed by atoms with Gasteiger partial charge in [0.2, 0.25) is 0 Å². The molecule has 5 rings (SSSR count). The van der Waals surface area contributed by atoms with Gasteiger partial charge in [0.25, 0.3) is 5.91 Å². The highest BCUT2D eigenvalue weighted by Crippen LogP contribution is 2.48. The van der Waals surface area contributed by atoms with Crippen LogP contribution in [-0.2, 0) is 0 Å². The number of aromatic nitrogens is 1. The minimum absolute atomic E-state index is 0.136. The molecule has 0 unspecified atom stereocenters. The molecule has 0 radical (unpaired) electrons. The number of hydrazine groups is 1. The number of amides is 1. The Morgan fingerprint density at radius 2 is 1.76 bits per heavy atom. The minimum Gasteiger partial charge on any atom is -0.303 e. The van der Waals surface area contributed by atoms with Gasteiger partial charge in [-0.05, 0) is 78.9 Å². The predicted octanol–water partition coefficient (Wildman–Crippen LogP) is 5.42. The molecule has 0 atom stereocenters. The molecule has 0 spiro atoms. The van der Waals surface area contributed by atoms with E-state index in [1.807, 2.05) is 17.8 Å². The topological polar surface area (TPSA) is 57.3 Å². The van der Waals surface area contributed by atoms with Gasteiger partial charge >= 0.3 is 0 Å².